The number of nitrogens with zero attached hydrogens (tertiary/aromatic N) is 1. The van der Waals surface area contributed by atoms with Crippen LogP contribution < -0.4 is 5.32 Å². The zero-order chi connectivity index (χ0) is 14.8. The molecule has 0 amide bonds. The largest absolute Gasteiger partial charge is 0.465 e. The van der Waals surface area contributed by atoms with E-state index in [-0.39, 0.29) is 16.6 Å². The molecule has 0 fully saturated rings. The third-order valence-electron chi connectivity index (χ3n) is 2.63. The highest BCUT2D eigenvalue weighted by Gasteiger charge is 2.30. The highest BCUT2D eigenvalue weighted by molar-refractivity contribution is 7.92. The van der Waals surface area contributed by atoms with E-state index < -0.39 is 20.6 Å². The second-order valence-corrected chi connectivity index (χ2v) is 8.52. The fourth-order valence-corrected chi connectivity index (χ4v) is 2.45. The van der Waals surface area contributed by atoms with Crippen LogP contribution in [0, 0.1) is 0 Å². The molecule has 0 radical (unpaired) electrons. The van der Waals surface area contributed by atoms with E-state index in [1.807, 2.05) is 0 Å². The number of aromatic nitrogens is 1. The number of sulfone groups is 1. The second kappa shape index (κ2) is 5.64. The summed E-state index contributed by atoms with van der Waals surface area (Å²) in [5, 5.41) is 3.28. The van der Waals surface area contributed by atoms with Gasteiger partial charge in [0.2, 0.25) is 0 Å². The molecule has 1 rings (SSSR count). The Hall–Kier alpha value is -0.860. The van der Waals surface area contributed by atoms with Crippen LogP contribution in [0.4, 0.5) is 5.13 Å². The Morgan fingerprint density at radius 2 is 2.11 bits per heavy atom. The number of rotatable bonds is 5. The summed E-state index contributed by atoms with van der Waals surface area (Å²) in [7, 11) is -1.96. The maximum absolute atomic E-state index is 11.5. The quantitative estimate of drug-likeness (QED) is 0.831. The van der Waals surface area contributed by atoms with Crippen molar-refractivity contribution in [3.05, 3.63) is 10.0 Å². The predicted octanol–water partition coefficient (Wildman–Crippen LogP) is 1.82. The summed E-state index contributed by atoms with van der Waals surface area (Å²) in [6, 6.07) is 0. The van der Waals surface area contributed by atoms with Crippen LogP contribution in [0.25, 0.3) is 0 Å². The summed E-state index contributed by atoms with van der Waals surface area (Å²) >= 11 is 6.82. The Kier molecular flexibility index (Phi) is 4.81. The number of carbonyl (C=O) groups excluding carboxylic acids is 1. The molecule has 6 nitrogen and oxygen atoms in total. The smallest absolute Gasteiger partial charge is 0.351 e. The molecule has 0 aromatic carbocycles. The summed E-state index contributed by atoms with van der Waals surface area (Å²) in [6.45, 7) is 3.37. The molecule has 0 aliphatic carbocycles. The molecular formula is C10H15ClN2O4S2. The molecule has 1 heterocycles. The van der Waals surface area contributed by atoms with E-state index in [4.69, 9.17) is 11.6 Å². The van der Waals surface area contributed by atoms with Crippen LogP contribution in [0.15, 0.2) is 0 Å². The van der Waals surface area contributed by atoms with E-state index in [9.17, 15) is 13.2 Å². The maximum Gasteiger partial charge on any atom is 0.351 e. The average Bonchev–Trinajstić information content (AvgIpc) is 2.65. The van der Waals surface area contributed by atoms with Crippen LogP contribution in [0.3, 0.4) is 0 Å². The number of esters is 1. The molecule has 0 atom stereocenters. The summed E-state index contributed by atoms with van der Waals surface area (Å²) in [5.41, 5.74) is 0. The number of hydrogen-bond acceptors (Lipinski definition) is 7. The Balaban J connectivity index is 2.83. The zero-order valence-corrected chi connectivity index (χ0v) is 13.4. The number of methoxy groups -OCH3 is 1. The molecule has 0 saturated heterocycles. The van der Waals surface area contributed by atoms with Gasteiger partial charge in [0.15, 0.2) is 25.0 Å². The van der Waals surface area contributed by atoms with E-state index in [1.54, 1.807) is 13.8 Å². The van der Waals surface area contributed by atoms with Crippen LogP contribution in [0.2, 0.25) is 5.15 Å². The van der Waals surface area contributed by atoms with Crippen LogP contribution in [0.1, 0.15) is 23.5 Å². The number of carbonyl (C=O) groups is 1. The molecule has 0 aliphatic heterocycles. The lowest BCUT2D eigenvalue weighted by atomic mass is 10.2. The number of nitrogens with one attached hydrogen (secondary N) is 1. The number of ether oxygens (including phenoxy) is 1. The first kappa shape index (κ1) is 16.2. The monoisotopic (exact) mass is 326 g/mol. The van der Waals surface area contributed by atoms with Crippen LogP contribution in [0.5, 0.6) is 0 Å². The van der Waals surface area contributed by atoms with Gasteiger partial charge in [-0.2, -0.15) is 0 Å². The normalized spacial score (nSPS) is 12.3. The molecule has 0 unspecified atom stereocenters. The van der Waals surface area contributed by atoms with Crippen molar-refractivity contribution in [2.75, 3.05) is 25.2 Å². The fraction of sp³-hybridized carbons (Fsp3) is 0.600. The molecule has 1 N–H and O–H groups in total. The number of thiazole rings is 1. The van der Waals surface area contributed by atoms with Gasteiger partial charge in [0.25, 0.3) is 0 Å². The highest BCUT2D eigenvalue weighted by atomic mass is 35.5. The number of halogens is 1. The zero-order valence-electron chi connectivity index (χ0n) is 11.0. The average molecular weight is 327 g/mol. The van der Waals surface area contributed by atoms with Crippen molar-refractivity contribution in [1.29, 1.82) is 0 Å². The van der Waals surface area contributed by atoms with Crippen LogP contribution >= 0.6 is 22.9 Å². The van der Waals surface area contributed by atoms with Crippen LogP contribution in [-0.4, -0.2) is 44.0 Å². The van der Waals surface area contributed by atoms with Gasteiger partial charge in [-0.1, -0.05) is 22.9 Å². The Labute approximate surface area is 121 Å². The molecule has 0 spiro atoms. The second-order valence-electron chi connectivity index (χ2n) is 4.52. The van der Waals surface area contributed by atoms with Gasteiger partial charge in [-0.05, 0) is 13.8 Å². The minimum atomic E-state index is -3.21. The first-order valence-electron chi connectivity index (χ1n) is 5.26. The van der Waals surface area contributed by atoms with Gasteiger partial charge in [-0.15, -0.1) is 0 Å². The minimum absolute atomic E-state index is 0.0384. The van der Waals surface area contributed by atoms with Gasteiger partial charge in [-0.25, -0.2) is 18.2 Å². The van der Waals surface area contributed by atoms with E-state index in [2.05, 4.69) is 15.0 Å². The van der Waals surface area contributed by atoms with Crippen molar-refractivity contribution < 1.29 is 17.9 Å². The van der Waals surface area contributed by atoms with Crippen LogP contribution in [-0.2, 0) is 14.6 Å². The topological polar surface area (TPSA) is 85.4 Å². The van der Waals surface area contributed by atoms with Gasteiger partial charge >= 0.3 is 5.97 Å². The van der Waals surface area contributed by atoms with Crippen molar-refractivity contribution in [1.82, 2.24) is 4.98 Å². The minimum Gasteiger partial charge on any atom is -0.465 e. The molecule has 1 aromatic rings. The lowest BCUT2D eigenvalue weighted by Crippen LogP contribution is -2.38. The predicted molar refractivity (Wildman–Crippen MR) is 75.9 cm³/mol. The summed E-state index contributed by atoms with van der Waals surface area (Å²) in [4.78, 5) is 15.5. The molecule has 0 bridgehead atoms. The molecule has 1 aromatic heterocycles. The summed E-state index contributed by atoms with van der Waals surface area (Å²) in [5.74, 6) is -0.571. The maximum atomic E-state index is 11.5. The summed E-state index contributed by atoms with van der Waals surface area (Å²) < 4.78 is 26.7. The van der Waals surface area contributed by atoms with Gasteiger partial charge in [0, 0.05) is 12.8 Å². The first-order valence-corrected chi connectivity index (χ1v) is 8.35. The number of hydrogen-bond donors (Lipinski definition) is 1. The molecule has 0 aliphatic rings. The molecule has 0 saturated carbocycles. The van der Waals surface area contributed by atoms with E-state index >= 15 is 0 Å². The third-order valence-corrected chi connectivity index (χ3v) is 6.16. The number of anilines is 1. The van der Waals surface area contributed by atoms with Gasteiger partial charge < -0.3 is 10.1 Å². The molecule has 9 heteroatoms. The molecule has 108 valence electrons. The van der Waals surface area contributed by atoms with Gasteiger partial charge in [0.05, 0.1) is 11.9 Å². The lowest BCUT2D eigenvalue weighted by Gasteiger charge is -2.22. The Morgan fingerprint density at radius 3 is 2.58 bits per heavy atom. The van der Waals surface area contributed by atoms with Crippen molar-refractivity contribution in [3.63, 3.8) is 0 Å². The SMILES string of the molecule is COC(=O)c1sc(NCC(C)(C)S(C)(=O)=O)nc1Cl. The van der Waals surface area contributed by atoms with E-state index in [0.29, 0.717) is 5.13 Å². The summed E-state index contributed by atoms with van der Waals surface area (Å²) in [6.07, 6.45) is 1.17. The van der Waals surface area contributed by atoms with Crippen molar-refractivity contribution in [2.24, 2.45) is 0 Å². The Morgan fingerprint density at radius 1 is 1.53 bits per heavy atom. The van der Waals surface area contributed by atoms with Crippen molar-refractivity contribution >= 4 is 43.9 Å². The first-order chi connectivity index (χ1) is 8.58. The lowest BCUT2D eigenvalue weighted by molar-refractivity contribution is 0.0606. The third kappa shape index (κ3) is 3.80. The van der Waals surface area contributed by atoms with E-state index in [0.717, 1.165) is 11.3 Å². The molecule has 19 heavy (non-hydrogen) atoms. The van der Waals surface area contributed by atoms with Gasteiger partial charge in [-0.3, -0.25) is 0 Å². The van der Waals surface area contributed by atoms with Gasteiger partial charge in [0.1, 0.15) is 0 Å². The van der Waals surface area contributed by atoms with Crippen molar-refractivity contribution in [3.8, 4) is 0 Å². The van der Waals surface area contributed by atoms with Crippen molar-refractivity contribution in [2.45, 2.75) is 18.6 Å². The standard InChI is InChI=1S/C10H15ClN2O4S2/c1-10(2,19(4,15)16)5-12-9-13-7(11)6(18-9)8(14)17-3/h5H2,1-4H3,(H,12,13). The van der Waals surface area contributed by atoms with E-state index in [1.165, 1.54) is 13.4 Å². The Bertz CT molecular complexity index is 580. The molecular weight excluding hydrogens is 312 g/mol. The highest BCUT2D eigenvalue weighted by Crippen LogP contribution is 2.28. The fourth-order valence-electron chi connectivity index (χ4n) is 1.02.